The molecule has 1 heterocycles. The topological polar surface area (TPSA) is 62.2 Å². The standard InChI is InChI=1S/C14H16N2O2S/c1-10(6-7-17)16-14(18)12-4-2-11(3-5-12)13-8-19-9-15-13/h2-5,8-10,17H,6-7H2,1H3,(H,16,18). The number of nitrogens with zero attached hydrogens (tertiary/aromatic N) is 1. The van der Waals surface area contributed by atoms with Crippen molar-refractivity contribution >= 4 is 17.2 Å². The monoisotopic (exact) mass is 276 g/mol. The minimum Gasteiger partial charge on any atom is -0.396 e. The number of carbonyl (C=O) groups is 1. The van der Waals surface area contributed by atoms with E-state index in [1.807, 2.05) is 24.4 Å². The van der Waals surface area contributed by atoms with Crippen LogP contribution in [0.2, 0.25) is 0 Å². The third-order valence-corrected chi connectivity index (χ3v) is 3.40. The molecule has 1 amide bonds. The quantitative estimate of drug-likeness (QED) is 0.881. The molecule has 0 fully saturated rings. The second kappa shape index (κ2) is 6.45. The van der Waals surface area contributed by atoms with Gasteiger partial charge in [-0.3, -0.25) is 4.79 Å². The number of aliphatic hydroxyl groups excluding tert-OH is 1. The summed E-state index contributed by atoms with van der Waals surface area (Å²) in [7, 11) is 0. The van der Waals surface area contributed by atoms with Gasteiger partial charge >= 0.3 is 0 Å². The Labute approximate surface area is 116 Å². The number of hydrogen-bond donors (Lipinski definition) is 2. The third kappa shape index (κ3) is 3.62. The van der Waals surface area contributed by atoms with Crippen LogP contribution in [0, 0.1) is 0 Å². The highest BCUT2D eigenvalue weighted by Gasteiger charge is 2.09. The van der Waals surface area contributed by atoms with Crippen molar-refractivity contribution in [3.05, 3.63) is 40.7 Å². The van der Waals surface area contributed by atoms with E-state index in [2.05, 4.69) is 10.3 Å². The minimum atomic E-state index is -0.120. The molecule has 0 aliphatic heterocycles. The highest BCUT2D eigenvalue weighted by atomic mass is 32.1. The van der Waals surface area contributed by atoms with Crippen molar-refractivity contribution in [3.8, 4) is 11.3 Å². The second-order valence-electron chi connectivity index (χ2n) is 4.34. The molecule has 0 spiro atoms. The van der Waals surface area contributed by atoms with Gasteiger partial charge in [0.2, 0.25) is 0 Å². The van der Waals surface area contributed by atoms with Crippen molar-refractivity contribution in [2.75, 3.05) is 6.61 Å². The molecule has 0 radical (unpaired) electrons. The number of amides is 1. The molecule has 0 bridgehead atoms. The van der Waals surface area contributed by atoms with Crippen molar-refractivity contribution in [1.82, 2.24) is 10.3 Å². The van der Waals surface area contributed by atoms with Crippen molar-refractivity contribution < 1.29 is 9.90 Å². The van der Waals surface area contributed by atoms with E-state index in [9.17, 15) is 4.79 Å². The predicted molar refractivity (Wildman–Crippen MR) is 76.2 cm³/mol. The van der Waals surface area contributed by atoms with Crippen molar-refractivity contribution in [3.63, 3.8) is 0 Å². The molecular weight excluding hydrogens is 260 g/mol. The van der Waals surface area contributed by atoms with E-state index in [1.165, 1.54) is 0 Å². The summed E-state index contributed by atoms with van der Waals surface area (Å²) in [6.07, 6.45) is 0.558. The fourth-order valence-electron chi connectivity index (χ4n) is 1.72. The fraction of sp³-hybridized carbons (Fsp3) is 0.286. The maximum atomic E-state index is 11.9. The molecule has 2 rings (SSSR count). The number of aliphatic hydroxyl groups is 1. The summed E-state index contributed by atoms with van der Waals surface area (Å²) in [5.41, 5.74) is 4.32. The van der Waals surface area contributed by atoms with E-state index in [-0.39, 0.29) is 18.6 Å². The van der Waals surface area contributed by atoms with Crippen LogP contribution in [0.1, 0.15) is 23.7 Å². The molecule has 0 aliphatic rings. The van der Waals surface area contributed by atoms with Gasteiger partial charge in [-0.05, 0) is 25.5 Å². The number of aromatic nitrogens is 1. The molecule has 0 saturated carbocycles. The van der Waals surface area contributed by atoms with Gasteiger partial charge in [-0.1, -0.05) is 12.1 Å². The number of rotatable bonds is 5. The zero-order chi connectivity index (χ0) is 13.7. The highest BCUT2D eigenvalue weighted by Crippen LogP contribution is 2.19. The van der Waals surface area contributed by atoms with E-state index >= 15 is 0 Å². The van der Waals surface area contributed by atoms with Crippen LogP contribution in [-0.4, -0.2) is 28.6 Å². The van der Waals surface area contributed by atoms with Gasteiger partial charge in [0, 0.05) is 29.2 Å². The normalized spacial score (nSPS) is 12.1. The van der Waals surface area contributed by atoms with Crippen LogP contribution in [0.25, 0.3) is 11.3 Å². The lowest BCUT2D eigenvalue weighted by Gasteiger charge is -2.12. The molecule has 100 valence electrons. The Bertz CT molecular complexity index is 523. The van der Waals surface area contributed by atoms with Gasteiger partial charge in [0.25, 0.3) is 5.91 Å². The summed E-state index contributed by atoms with van der Waals surface area (Å²) in [5.74, 6) is -0.120. The van der Waals surface area contributed by atoms with Crippen LogP contribution in [0.4, 0.5) is 0 Å². The molecule has 0 saturated heterocycles. The van der Waals surface area contributed by atoms with E-state index in [0.29, 0.717) is 12.0 Å². The Balaban J connectivity index is 2.04. The SMILES string of the molecule is CC(CCO)NC(=O)c1ccc(-c2cscn2)cc1. The molecule has 1 unspecified atom stereocenters. The molecule has 1 aromatic heterocycles. The first-order chi connectivity index (χ1) is 9.20. The van der Waals surface area contributed by atoms with E-state index in [4.69, 9.17) is 5.11 Å². The van der Waals surface area contributed by atoms with Crippen LogP contribution in [0.15, 0.2) is 35.2 Å². The molecular formula is C14H16N2O2S. The molecule has 2 aromatic rings. The number of hydrogen-bond acceptors (Lipinski definition) is 4. The Kier molecular flexibility index (Phi) is 4.65. The molecule has 1 aromatic carbocycles. The van der Waals surface area contributed by atoms with Crippen LogP contribution in [0.3, 0.4) is 0 Å². The number of benzene rings is 1. The Morgan fingerprint density at radius 3 is 2.74 bits per heavy atom. The smallest absolute Gasteiger partial charge is 0.251 e. The van der Waals surface area contributed by atoms with Gasteiger partial charge in [0.15, 0.2) is 0 Å². The maximum absolute atomic E-state index is 11.9. The van der Waals surface area contributed by atoms with Crippen molar-refractivity contribution in [2.24, 2.45) is 0 Å². The summed E-state index contributed by atoms with van der Waals surface area (Å²) in [4.78, 5) is 16.1. The molecule has 0 aliphatic carbocycles. The second-order valence-corrected chi connectivity index (χ2v) is 5.06. The number of nitrogens with one attached hydrogen (secondary N) is 1. The number of carbonyl (C=O) groups excluding carboxylic acids is 1. The average Bonchev–Trinajstić information content (AvgIpc) is 2.93. The van der Waals surface area contributed by atoms with Crippen LogP contribution >= 0.6 is 11.3 Å². The largest absolute Gasteiger partial charge is 0.396 e. The van der Waals surface area contributed by atoms with Crippen molar-refractivity contribution in [2.45, 2.75) is 19.4 Å². The fourth-order valence-corrected chi connectivity index (χ4v) is 2.28. The molecule has 19 heavy (non-hydrogen) atoms. The average molecular weight is 276 g/mol. The van der Waals surface area contributed by atoms with E-state index in [0.717, 1.165) is 11.3 Å². The minimum absolute atomic E-state index is 0.0317. The van der Waals surface area contributed by atoms with Gasteiger partial charge in [-0.2, -0.15) is 0 Å². The third-order valence-electron chi connectivity index (χ3n) is 2.81. The van der Waals surface area contributed by atoms with Gasteiger partial charge in [0.05, 0.1) is 11.2 Å². The molecule has 2 N–H and O–H groups in total. The van der Waals surface area contributed by atoms with E-state index < -0.39 is 0 Å². The molecule has 4 nitrogen and oxygen atoms in total. The predicted octanol–water partition coefficient (Wildman–Crippen LogP) is 2.31. The van der Waals surface area contributed by atoms with Crippen molar-refractivity contribution in [1.29, 1.82) is 0 Å². The highest BCUT2D eigenvalue weighted by molar-refractivity contribution is 7.07. The Hall–Kier alpha value is -1.72. The first-order valence-electron chi connectivity index (χ1n) is 6.11. The lowest BCUT2D eigenvalue weighted by Crippen LogP contribution is -2.33. The van der Waals surface area contributed by atoms with Crippen LogP contribution < -0.4 is 5.32 Å². The van der Waals surface area contributed by atoms with Gasteiger partial charge in [0.1, 0.15) is 0 Å². The lowest BCUT2D eigenvalue weighted by molar-refractivity contribution is 0.0934. The summed E-state index contributed by atoms with van der Waals surface area (Å²) in [6, 6.07) is 7.32. The zero-order valence-electron chi connectivity index (χ0n) is 10.7. The summed E-state index contributed by atoms with van der Waals surface area (Å²) in [5, 5.41) is 13.6. The summed E-state index contributed by atoms with van der Waals surface area (Å²) in [6.45, 7) is 1.95. The van der Waals surface area contributed by atoms with Crippen LogP contribution in [0.5, 0.6) is 0 Å². The number of thiazole rings is 1. The Morgan fingerprint density at radius 2 is 2.16 bits per heavy atom. The van der Waals surface area contributed by atoms with Gasteiger partial charge in [-0.25, -0.2) is 4.98 Å². The first kappa shape index (κ1) is 13.7. The van der Waals surface area contributed by atoms with Crippen LogP contribution in [-0.2, 0) is 0 Å². The lowest BCUT2D eigenvalue weighted by atomic mass is 10.1. The van der Waals surface area contributed by atoms with Gasteiger partial charge in [-0.15, -0.1) is 11.3 Å². The summed E-state index contributed by atoms with van der Waals surface area (Å²) < 4.78 is 0. The molecule has 1 atom stereocenters. The molecule has 5 heteroatoms. The maximum Gasteiger partial charge on any atom is 0.251 e. The van der Waals surface area contributed by atoms with Gasteiger partial charge < -0.3 is 10.4 Å². The van der Waals surface area contributed by atoms with E-state index in [1.54, 1.807) is 29.0 Å². The summed E-state index contributed by atoms with van der Waals surface area (Å²) >= 11 is 1.54. The first-order valence-corrected chi connectivity index (χ1v) is 7.05. The Morgan fingerprint density at radius 1 is 1.42 bits per heavy atom. The zero-order valence-corrected chi connectivity index (χ0v) is 11.5.